The highest BCUT2D eigenvalue weighted by Gasteiger charge is 2.15. The molecular weight excluding hydrogens is 242 g/mol. The van der Waals surface area contributed by atoms with Crippen molar-refractivity contribution in [3.63, 3.8) is 0 Å². The average molecular weight is 256 g/mol. The van der Waals surface area contributed by atoms with Crippen molar-refractivity contribution in [1.82, 2.24) is 5.32 Å². The smallest absolute Gasteiger partial charge is 0.0661 e. The molecule has 1 N–H and O–H groups in total. The van der Waals surface area contributed by atoms with Crippen LogP contribution in [0.15, 0.2) is 28.7 Å². The zero-order valence-corrected chi connectivity index (χ0v) is 9.59. The number of hydrogen-bond acceptors (Lipinski definition) is 2. The molecule has 0 spiro atoms. The number of nitrogens with one attached hydrogen (secondary N) is 1. The van der Waals surface area contributed by atoms with Gasteiger partial charge in [0.15, 0.2) is 0 Å². The Bertz CT molecular complexity index is 295. The highest BCUT2D eigenvalue weighted by atomic mass is 79.9. The molecule has 14 heavy (non-hydrogen) atoms. The molecule has 2 nitrogen and oxygen atoms in total. The molecule has 1 aliphatic heterocycles. The van der Waals surface area contributed by atoms with E-state index in [0.29, 0.717) is 6.04 Å². The third-order valence-corrected chi connectivity index (χ3v) is 3.14. The van der Waals surface area contributed by atoms with Crippen LogP contribution in [0.2, 0.25) is 0 Å². The molecule has 1 unspecified atom stereocenters. The summed E-state index contributed by atoms with van der Waals surface area (Å²) in [6, 6.07) is 8.63. The van der Waals surface area contributed by atoms with Gasteiger partial charge in [-0.25, -0.2) is 0 Å². The summed E-state index contributed by atoms with van der Waals surface area (Å²) in [6.07, 6.45) is 1.10. The molecule has 1 heterocycles. The molecule has 1 aromatic rings. The summed E-state index contributed by atoms with van der Waals surface area (Å²) in [4.78, 5) is 0. The van der Waals surface area contributed by atoms with Gasteiger partial charge in [0.05, 0.1) is 12.6 Å². The number of benzene rings is 1. The molecule has 76 valence electrons. The van der Waals surface area contributed by atoms with Gasteiger partial charge in [-0.1, -0.05) is 34.1 Å². The number of ether oxygens (including phenoxy) is 1. The Morgan fingerprint density at radius 2 is 2.21 bits per heavy atom. The fourth-order valence-corrected chi connectivity index (χ4v) is 2.23. The maximum absolute atomic E-state index is 5.53. The summed E-state index contributed by atoms with van der Waals surface area (Å²) in [5.74, 6) is 0. The molecule has 0 aliphatic carbocycles. The zero-order chi connectivity index (χ0) is 9.80. The van der Waals surface area contributed by atoms with Crippen molar-refractivity contribution in [1.29, 1.82) is 0 Å². The fraction of sp³-hybridized carbons (Fsp3) is 0.455. The van der Waals surface area contributed by atoms with E-state index < -0.39 is 0 Å². The van der Waals surface area contributed by atoms with E-state index in [4.69, 9.17) is 4.74 Å². The molecule has 0 bridgehead atoms. The molecule has 1 saturated heterocycles. The molecule has 0 radical (unpaired) electrons. The fourth-order valence-electron chi connectivity index (χ4n) is 1.67. The summed E-state index contributed by atoms with van der Waals surface area (Å²) in [6.45, 7) is 2.67. The molecule has 1 aromatic carbocycles. The van der Waals surface area contributed by atoms with E-state index in [2.05, 4.69) is 39.4 Å². The average Bonchev–Trinajstić information content (AvgIpc) is 2.47. The van der Waals surface area contributed by atoms with Crippen LogP contribution in [0.3, 0.4) is 0 Å². The van der Waals surface area contributed by atoms with E-state index >= 15 is 0 Å². The third kappa shape index (κ3) is 2.35. The lowest BCUT2D eigenvalue weighted by atomic mass is 10.1. The maximum Gasteiger partial charge on any atom is 0.0661 e. The van der Waals surface area contributed by atoms with E-state index in [9.17, 15) is 0 Å². The first-order valence-electron chi connectivity index (χ1n) is 4.93. The van der Waals surface area contributed by atoms with Crippen molar-refractivity contribution in [2.45, 2.75) is 12.5 Å². The first-order valence-corrected chi connectivity index (χ1v) is 5.73. The quantitative estimate of drug-likeness (QED) is 0.833. The Morgan fingerprint density at radius 1 is 1.36 bits per heavy atom. The third-order valence-electron chi connectivity index (χ3n) is 2.42. The van der Waals surface area contributed by atoms with Crippen LogP contribution in [-0.4, -0.2) is 19.8 Å². The first-order chi connectivity index (χ1) is 6.88. The molecule has 0 amide bonds. The summed E-state index contributed by atoms with van der Waals surface area (Å²) in [5, 5.41) is 3.48. The van der Waals surface area contributed by atoms with Gasteiger partial charge >= 0.3 is 0 Å². The molecule has 1 aliphatic rings. The number of halogens is 1. The second kappa shape index (κ2) is 4.91. The van der Waals surface area contributed by atoms with Gasteiger partial charge in [-0.05, 0) is 24.6 Å². The normalized spacial score (nSPS) is 23.1. The van der Waals surface area contributed by atoms with Gasteiger partial charge in [0.2, 0.25) is 0 Å². The second-order valence-corrected chi connectivity index (χ2v) is 4.31. The van der Waals surface area contributed by atoms with Crippen molar-refractivity contribution >= 4 is 15.9 Å². The van der Waals surface area contributed by atoms with Crippen LogP contribution in [0.1, 0.15) is 18.0 Å². The van der Waals surface area contributed by atoms with Crippen LogP contribution in [0.25, 0.3) is 0 Å². The Kier molecular flexibility index (Phi) is 3.56. The van der Waals surface area contributed by atoms with E-state index in [1.165, 1.54) is 5.56 Å². The zero-order valence-electron chi connectivity index (χ0n) is 8.00. The Hall–Kier alpha value is -0.380. The van der Waals surface area contributed by atoms with Gasteiger partial charge in [0.25, 0.3) is 0 Å². The first kappa shape index (κ1) is 10.1. The summed E-state index contributed by atoms with van der Waals surface area (Å²) in [7, 11) is 0. The topological polar surface area (TPSA) is 21.3 Å². The van der Waals surface area contributed by atoms with Crippen LogP contribution in [0.4, 0.5) is 0 Å². The lowest BCUT2D eigenvalue weighted by Crippen LogP contribution is -2.23. The van der Waals surface area contributed by atoms with E-state index in [0.717, 1.165) is 30.7 Å². The van der Waals surface area contributed by atoms with Crippen LogP contribution in [0, 0.1) is 0 Å². The van der Waals surface area contributed by atoms with Crippen molar-refractivity contribution in [3.05, 3.63) is 34.3 Å². The van der Waals surface area contributed by atoms with E-state index in [1.807, 2.05) is 6.07 Å². The van der Waals surface area contributed by atoms with Crippen molar-refractivity contribution in [3.8, 4) is 0 Å². The Morgan fingerprint density at radius 3 is 3.07 bits per heavy atom. The SMILES string of the molecule is Brc1ccccc1C1COCCCN1. The Balaban J connectivity index is 2.16. The molecule has 3 heteroatoms. The van der Waals surface area contributed by atoms with Gasteiger partial charge in [-0.3, -0.25) is 0 Å². The summed E-state index contributed by atoms with van der Waals surface area (Å²) in [5.41, 5.74) is 1.29. The van der Waals surface area contributed by atoms with Gasteiger partial charge < -0.3 is 10.1 Å². The van der Waals surface area contributed by atoms with Crippen LogP contribution < -0.4 is 5.32 Å². The van der Waals surface area contributed by atoms with Crippen molar-refractivity contribution in [2.24, 2.45) is 0 Å². The summed E-state index contributed by atoms with van der Waals surface area (Å²) >= 11 is 3.56. The molecule has 1 fully saturated rings. The minimum absolute atomic E-state index is 0.327. The predicted molar refractivity (Wildman–Crippen MR) is 60.3 cm³/mol. The van der Waals surface area contributed by atoms with E-state index in [1.54, 1.807) is 0 Å². The lowest BCUT2D eigenvalue weighted by Gasteiger charge is -2.16. The van der Waals surface area contributed by atoms with Gasteiger partial charge in [0.1, 0.15) is 0 Å². The largest absolute Gasteiger partial charge is 0.379 e. The monoisotopic (exact) mass is 255 g/mol. The summed E-state index contributed by atoms with van der Waals surface area (Å²) < 4.78 is 6.69. The van der Waals surface area contributed by atoms with Crippen LogP contribution >= 0.6 is 15.9 Å². The van der Waals surface area contributed by atoms with Crippen molar-refractivity contribution in [2.75, 3.05) is 19.8 Å². The molecule has 0 aromatic heterocycles. The lowest BCUT2D eigenvalue weighted by molar-refractivity contribution is 0.131. The van der Waals surface area contributed by atoms with E-state index in [-0.39, 0.29) is 0 Å². The minimum Gasteiger partial charge on any atom is -0.379 e. The highest BCUT2D eigenvalue weighted by Crippen LogP contribution is 2.24. The molecule has 0 saturated carbocycles. The maximum atomic E-state index is 5.53. The van der Waals surface area contributed by atoms with Gasteiger partial charge in [-0.15, -0.1) is 0 Å². The van der Waals surface area contributed by atoms with Crippen molar-refractivity contribution < 1.29 is 4.74 Å². The van der Waals surface area contributed by atoms with Gasteiger partial charge in [0, 0.05) is 11.1 Å². The minimum atomic E-state index is 0.327. The number of rotatable bonds is 1. The predicted octanol–water partition coefficient (Wildman–Crippen LogP) is 2.50. The molecule has 1 atom stereocenters. The van der Waals surface area contributed by atoms with Crippen LogP contribution in [0.5, 0.6) is 0 Å². The molecular formula is C11H14BrNO. The second-order valence-electron chi connectivity index (χ2n) is 3.46. The highest BCUT2D eigenvalue weighted by molar-refractivity contribution is 9.10. The standard InChI is InChI=1S/C11H14BrNO/c12-10-5-2-1-4-9(10)11-8-14-7-3-6-13-11/h1-2,4-5,11,13H,3,6-8H2. The van der Waals surface area contributed by atoms with Gasteiger partial charge in [-0.2, -0.15) is 0 Å². The van der Waals surface area contributed by atoms with Crippen LogP contribution in [-0.2, 0) is 4.74 Å². The number of hydrogen-bond donors (Lipinski definition) is 1. The molecule has 2 rings (SSSR count). The Labute approximate surface area is 92.8 Å².